The molecule has 7 heteroatoms. The van der Waals surface area contributed by atoms with Crippen LogP contribution < -0.4 is 5.32 Å². The Morgan fingerprint density at radius 3 is 2.65 bits per heavy atom. The van der Waals surface area contributed by atoms with Gasteiger partial charge >= 0.3 is 0 Å². The van der Waals surface area contributed by atoms with Gasteiger partial charge in [0.1, 0.15) is 17.0 Å². The minimum atomic E-state index is -2.82. The van der Waals surface area contributed by atoms with Gasteiger partial charge in [-0.1, -0.05) is 25.9 Å². The molecule has 23 heavy (non-hydrogen) atoms. The van der Waals surface area contributed by atoms with Crippen LogP contribution in [0.5, 0.6) is 0 Å². The van der Waals surface area contributed by atoms with Gasteiger partial charge in [0.25, 0.3) is 5.91 Å². The van der Waals surface area contributed by atoms with Crippen LogP contribution in [0.1, 0.15) is 61.8 Å². The van der Waals surface area contributed by atoms with Crippen LogP contribution in [-0.4, -0.2) is 37.5 Å². The molecule has 2 heterocycles. The van der Waals surface area contributed by atoms with E-state index in [4.69, 9.17) is 4.52 Å². The van der Waals surface area contributed by atoms with Crippen molar-refractivity contribution in [2.45, 2.75) is 52.4 Å². The van der Waals surface area contributed by atoms with E-state index in [1.807, 2.05) is 20.8 Å². The maximum Gasteiger partial charge on any atom is 0.256 e. The van der Waals surface area contributed by atoms with Gasteiger partial charge in [-0.2, -0.15) is 0 Å². The molecule has 2 rings (SSSR count). The average molecular weight is 342 g/mol. The molecule has 0 aliphatic carbocycles. The zero-order valence-electron chi connectivity index (χ0n) is 14.3. The minimum absolute atomic E-state index is 0.173. The number of carbonyl (C=O) groups is 1. The van der Waals surface area contributed by atoms with Gasteiger partial charge in [-0.25, -0.2) is 8.42 Å². The zero-order valence-corrected chi connectivity index (χ0v) is 15.1. The van der Waals surface area contributed by atoms with Gasteiger partial charge in [-0.3, -0.25) is 4.79 Å². The Balaban J connectivity index is 1.85. The quantitative estimate of drug-likeness (QED) is 0.829. The SMILES string of the molecule is Cc1onc(C(C)(C)C)c1C(=O)NCCCC1CCS(=O)(=O)C1. The molecule has 1 fully saturated rings. The van der Waals surface area contributed by atoms with Gasteiger partial charge in [-0.15, -0.1) is 0 Å². The van der Waals surface area contributed by atoms with Crippen molar-refractivity contribution < 1.29 is 17.7 Å². The van der Waals surface area contributed by atoms with E-state index in [-0.39, 0.29) is 17.2 Å². The van der Waals surface area contributed by atoms with Gasteiger partial charge in [0.2, 0.25) is 0 Å². The zero-order chi connectivity index (χ0) is 17.3. The summed E-state index contributed by atoms with van der Waals surface area (Å²) in [4.78, 5) is 12.4. The lowest BCUT2D eigenvalue weighted by atomic mass is 9.88. The standard InChI is InChI=1S/C16H26N2O4S/c1-11-13(14(18-22-11)16(2,3)4)15(19)17-8-5-6-12-7-9-23(20,21)10-12/h12H,5-10H2,1-4H3,(H,17,19). The Morgan fingerprint density at radius 1 is 1.39 bits per heavy atom. The van der Waals surface area contributed by atoms with Crippen molar-refractivity contribution in [2.24, 2.45) is 5.92 Å². The lowest BCUT2D eigenvalue weighted by molar-refractivity contribution is 0.0949. The number of aryl methyl sites for hydroxylation is 1. The van der Waals surface area contributed by atoms with Gasteiger partial charge in [0.15, 0.2) is 9.84 Å². The summed E-state index contributed by atoms with van der Waals surface area (Å²) in [7, 11) is -2.82. The van der Waals surface area contributed by atoms with Crippen molar-refractivity contribution >= 4 is 15.7 Å². The molecule has 0 aromatic carbocycles. The molecule has 0 bridgehead atoms. The van der Waals surface area contributed by atoms with Gasteiger partial charge in [0, 0.05) is 12.0 Å². The Morgan fingerprint density at radius 2 is 2.09 bits per heavy atom. The van der Waals surface area contributed by atoms with Gasteiger partial charge in [0.05, 0.1) is 11.5 Å². The molecule has 1 atom stereocenters. The van der Waals surface area contributed by atoms with Crippen molar-refractivity contribution in [3.05, 3.63) is 17.0 Å². The lowest BCUT2D eigenvalue weighted by Gasteiger charge is -2.16. The van der Waals surface area contributed by atoms with E-state index in [0.717, 1.165) is 19.3 Å². The molecule has 0 saturated carbocycles. The summed E-state index contributed by atoms with van der Waals surface area (Å²) in [5.41, 5.74) is 0.915. The van der Waals surface area contributed by atoms with Crippen molar-refractivity contribution in [1.82, 2.24) is 10.5 Å². The van der Waals surface area contributed by atoms with Crippen molar-refractivity contribution in [2.75, 3.05) is 18.1 Å². The smallest absolute Gasteiger partial charge is 0.256 e. The summed E-state index contributed by atoms with van der Waals surface area (Å²) >= 11 is 0. The predicted molar refractivity (Wildman–Crippen MR) is 88.3 cm³/mol. The van der Waals surface area contributed by atoms with Crippen molar-refractivity contribution in [1.29, 1.82) is 0 Å². The minimum Gasteiger partial charge on any atom is -0.361 e. The van der Waals surface area contributed by atoms with Gasteiger partial charge < -0.3 is 9.84 Å². The third kappa shape index (κ3) is 4.56. The largest absolute Gasteiger partial charge is 0.361 e. The first-order valence-corrected chi connectivity index (χ1v) is 9.87. The van der Waals surface area contributed by atoms with Crippen molar-refractivity contribution in [3.8, 4) is 0 Å². The Labute approximate surface area is 137 Å². The van der Waals surface area contributed by atoms with Crippen molar-refractivity contribution in [3.63, 3.8) is 0 Å². The van der Waals surface area contributed by atoms with Crippen LogP contribution in [0.2, 0.25) is 0 Å². The first-order valence-electron chi connectivity index (χ1n) is 8.05. The molecular weight excluding hydrogens is 316 g/mol. The van der Waals surface area contributed by atoms with E-state index in [1.165, 1.54) is 0 Å². The van der Waals surface area contributed by atoms with E-state index in [2.05, 4.69) is 10.5 Å². The molecule has 1 aromatic rings. The summed E-state index contributed by atoms with van der Waals surface area (Å²) in [5.74, 6) is 1.18. The van der Waals surface area contributed by atoms with E-state index in [0.29, 0.717) is 35.1 Å². The second-order valence-corrected chi connectivity index (χ2v) is 9.61. The first-order chi connectivity index (χ1) is 10.6. The van der Waals surface area contributed by atoms with E-state index < -0.39 is 9.84 Å². The summed E-state index contributed by atoms with van der Waals surface area (Å²) in [6.45, 7) is 8.23. The van der Waals surface area contributed by atoms with Crippen LogP contribution in [0.15, 0.2) is 4.52 Å². The number of rotatable bonds is 5. The third-order valence-corrected chi connectivity index (χ3v) is 6.04. The average Bonchev–Trinajstić information content (AvgIpc) is 2.97. The maximum atomic E-state index is 12.4. The van der Waals surface area contributed by atoms with Crippen LogP contribution in [-0.2, 0) is 15.3 Å². The Kier molecular flexibility index (Phi) is 5.18. The number of carbonyl (C=O) groups excluding carboxylic acids is 1. The number of sulfone groups is 1. The van der Waals surface area contributed by atoms with Crippen LogP contribution >= 0.6 is 0 Å². The summed E-state index contributed by atoms with van der Waals surface area (Å²) in [6, 6.07) is 0. The lowest BCUT2D eigenvalue weighted by Crippen LogP contribution is -2.28. The number of hydrogen-bond acceptors (Lipinski definition) is 5. The molecule has 1 aliphatic rings. The number of hydrogen-bond donors (Lipinski definition) is 1. The van der Waals surface area contributed by atoms with E-state index >= 15 is 0 Å². The fourth-order valence-electron chi connectivity index (χ4n) is 2.93. The summed E-state index contributed by atoms with van der Waals surface area (Å²) < 4.78 is 28.0. The van der Waals surface area contributed by atoms with E-state index in [9.17, 15) is 13.2 Å². The molecule has 1 unspecified atom stereocenters. The highest BCUT2D eigenvalue weighted by molar-refractivity contribution is 7.91. The summed E-state index contributed by atoms with van der Waals surface area (Å²) in [6.07, 6.45) is 2.35. The molecule has 0 radical (unpaired) electrons. The van der Waals surface area contributed by atoms with Crippen LogP contribution in [0.3, 0.4) is 0 Å². The molecule has 1 aromatic heterocycles. The fourth-order valence-corrected chi connectivity index (χ4v) is 4.84. The van der Waals surface area contributed by atoms with Crippen LogP contribution in [0.25, 0.3) is 0 Å². The maximum absolute atomic E-state index is 12.4. The molecule has 0 spiro atoms. The number of aromatic nitrogens is 1. The molecule has 130 valence electrons. The molecule has 1 amide bonds. The van der Waals surface area contributed by atoms with E-state index in [1.54, 1.807) is 6.92 Å². The topological polar surface area (TPSA) is 89.3 Å². The highest BCUT2D eigenvalue weighted by Crippen LogP contribution is 2.27. The first kappa shape index (κ1) is 18.0. The monoisotopic (exact) mass is 342 g/mol. The molecule has 1 N–H and O–H groups in total. The fraction of sp³-hybridized carbons (Fsp3) is 0.750. The highest BCUT2D eigenvalue weighted by Gasteiger charge is 2.29. The predicted octanol–water partition coefficient (Wildman–Crippen LogP) is 2.23. The molecule has 1 saturated heterocycles. The number of amides is 1. The van der Waals surface area contributed by atoms with Crippen LogP contribution in [0, 0.1) is 12.8 Å². The molecule has 1 aliphatic heterocycles. The third-order valence-electron chi connectivity index (χ3n) is 4.20. The Bertz CT molecular complexity index is 671. The number of nitrogens with zero attached hydrogens (tertiary/aromatic N) is 1. The van der Waals surface area contributed by atoms with Gasteiger partial charge in [-0.05, 0) is 32.1 Å². The number of nitrogens with one attached hydrogen (secondary N) is 1. The second kappa shape index (κ2) is 6.63. The van der Waals surface area contributed by atoms with Crippen LogP contribution in [0.4, 0.5) is 0 Å². The molecular formula is C16H26N2O4S. The molecule has 6 nitrogen and oxygen atoms in total. The highest BCUT2D eigenvalue weighted by atomic mass is 32.2. The summed E-state index contributed by atoms with van der Waals surface area (Å²) in [5, 5.41) is 6.91. The normalized spacial score (nSPS) is 20.6. The Hall–Kier alpha value is -1.37. The second-order valence-electron chi connectivity index (χ2n) is 7.38.